The zero-order chi connectivity index (χ0) is 25.6. The molecule has 3 aliphatic rings. The number of hydrogen-bond donors (Lipinski definition) is 3. The monoisotopic (exact) mass is 499 g/mol. The number of hydrogen-bond acceptors (Lipinski definition) is 5. The van der Waals surface area contributed by atoms with Gasteiger partial charge >= 0.3 is 0 Å². The van der Waals surface area contributed by atoms with Gasteiger partial charge in [-0.2, -0.15) is 5.26 Å². The van der Waals surface area contributed by atoms with Crippen LogP contribution in [0.25, 0.3) is 10.9 Å². The van der Waals surface area contributed by atoms with Crippen molar-refractivity contribution < 1.29 is 27.9 Å². The fraction of sp³-hybridized carbons (Fsp3) is 0.520. The maximum atomic E-state index is 14.3. The number of fused-ring (bicyclic) bond motifs is 2. The molecule has 3 heterocycles. The summed E-state index contributed by atoms with van der Waals surface area (Å²) in [6, 6.07) is 6.84. The Bertz CT molecular complexity index is 1250. The van der Waals surface area contributed by atoms with Gasteiger partial charge in [-0.3, -0.25) is 14.4 Å². The highest BCUT2D eigenvalue weighted by Crippen LogP contribution is 2.50. The number of nitrogens with zero attached hydrogens (tertiary/aromatic N) is 2. The number of carbonyl (C=O) groups is 3. The average Bonchev–Trinajstić information content (AvgIpc) is 3.59. The molecular weight excluding hydrogens is 472 g/mol. The predicted molar refractivity (Wildman–Crippen MR) is 124 cm³/mol. The Balaban J connectivity index is 1.40. The summed E-state index contributed by atoms with van der Waals surface area (Å²) in [5.74, 6) is -5.29. The first-order valence-electron chi connectivity index (χ1n) is 12.0. The highest BCUT2D eigenvalue weighted by atomic mass is 19.3. The molecule has 36 heavy (non-hydrogen) atoms. The van der Waals surface area contributed by atoms with Crippen molar-refractivity contribution in [3.05, 3.63) is 30.0 Å². The number of rotatable bonds is 6. The van der Waals surface area contributed by atoms with E-state index < -0.39 is 60.4 Å². The summed E-state index contributed by atoms with van der Waals surface area (Å²) in [5.41, 5.74) is 0.891. The number of H-pyrrole nitrogens is 1. The second kappa shape index (κ2) is 9.08. The standard InChI is InChI=1S/C25H27F2N5O4/c1-36-20-4-2-3-18-16(20)8-19(31-18)24(35)32-12-14-9-25(26,27)10-17(14)21(32)23(34)30-15(11-28)7-13-5-6-29-22(13)33/h2-4,8,13-15,17,21,31H,5-7,9-10,12H2,1H3,(H,29,33)(H,30,34)/t13-,14+,15+,17+,21+/m1/s1. The second-order valence-corrected chi connectivity index (χ2v) is 9.90. The first kappa shape index (κ1) is 24.0. The van der Waals surface area contributed by atoms with Gasteiger partial charge in [-0.05, 0) is 42.9 Å². The molecule has 3 amide bonds. The van der Waals surface area contributed by atoms with Crippen LogP contribution in [0.3, 0.4) is 0 Å². The SMILES string of the molecule is COc1cccc2[nH]c(C(=O)N3C[C@@H]4CC(F)(F)C[C@@H]4[C@H]3C(=O)N[C@H](C#N)C[C@H]3CCNC3=O)cc12. The zero-order valence-electron chi connectivity index (χ0n) is 19.7. The molecule has 9 nitrogen and oxygen atoms in total. The van der Waals surface area contributed by atoms with Gasteiger partial charge in [0.2, 0.25) is 17.7 Å². The van der Waals surface area contributed by atoms with E-state index in [1.54, 1.807) is 24.3 Å². The van der Waals surface area contributed by atoms with Gasteiger partial charge in [0, 0.05) is 42.8 Å². The van der Waals surface area contributed by atoms with E-state index >= 15 is 0 Å². The van der Waals surface area contributed by atoms with Crippen LogP contribution in [0.4, 0.5) is 8.78 Å². The summed E-state index contributed by atoms with van der Waals surface area (Å²) < 4.78 is 33.9. The first-order chi connectivity index (χ1) is 17.2. The van der Waals surface area contributed by atoms with Crippen LogP contribution in [-0.2, 0) is 9.59 Å². The maximum Gasteiger partial charge on any atom is 0.271 e. The lowest BCUT2D eigenvalue weighted by atomic mass is 9.92. The molecule has 5 rings (SSSR count). The number of nitrogens with one attached hydrogen (secondary N) is 3. The minimum Gasteiger partial charge on any atom is -0.496 e. The summed E-state index contributed by atoms with van der Waals surface area (Å²) in [4.78, 5) is 43.3. The Kier molecular flexibility index (Phi) is 6.06. The molecule has 1 aromatic carbocycles. The molecule has 3 fully saturated rings. The van der Waals surface area contributed by atoms with E-state index in [0.717, 1.165) is 0 Å². The van der Waals surface area contributed by atoms with Gasteiger partial charge < -0.3 is 25.3 Å². The molecule has 190 valence electrons. The van der Waals surface area contributed by atoms with Crippen LogP contribution >= 0.6 is 0 Å². The van der Waals surface area contributed by atoms with Crippen molar-refractivity contribution in [3.8, 4) is 11.8 Å². The highest BCUT2D eigenvalue weighted by Gasteiger charge is 2.58. The third-order valence-corrected chi connectivity index (χ3v) is 7.63. The molecule has 1 aromatic heterocycles. The summed E-state index contributed by atoms with van der Waals surface area (Å²) >= 11 is 0. The van der Waals surface area contributed by atoms with Crippen LogP contribution < -0.4 is 15.4 Å². The van der Waals surface area contributed by atoms with Crippen LogP contribution in [0, 0.1) is 29.1 Å². The molecule has 0 spiro atoms. The Morgan fingerprint density at radius 2 is 2.17 bits per heavy atom. The number of likely N-dealkylation sites (tertiary alicyclic amines) is 1. The summed E-state index contributed by atoms with van der Waals surface area (Å²) in [6.45, 7) is 0.528. The number of halogens is 2. The zero-order valence-corrected chi connectivity index (χ0v) is 19.7. The lowest BCUT2D eigenvalue weighted by molar-refractivity contribution is -0.127. The van der Waals surface area contributed by atoms with E-state index in [9.17, 15) is 28.4 Å². The van der Waals surface area contributed by atoms with Gasteiger partial charge in [0.05, 0.1) is 13.2 Å². The van der Waals surface area contributed by atoms with E-state index in [0.29, 0.717) is 29.6 Å². The molecule has 3 N–H and O–H groups in total. The molecule has 1 aliphatic carbocycles. The first-order valence-corrected chi connectivity index (χ1v) is 12.0. The lowest BCUT2D eigenvalue weighted by Gasteiger charge is -2.28. The summed E-state index contributed by atoms with van der Waals surface area (Å²) in [5, 5.41) is 15.6. The molecule has 2 aliphatic heterocycles. The quantitative estimate of drug-likeness (QED) is 0.562. The average molecular weight is 500 g/mol. The van der Waals surface area contributed by atoms with E-state index in [1.165, 1.54) is 12.0 Å². The number of carbonyl (C=O) groups excluding carboxylic acids is 3. The third kappa shape index (κ3) is 4.25. The molecule has 1 saturated carbocycles. The minimum atomic E-state index is -2.91. The van der Waals surface area contributed by atoms with Crippen molar-refractivity contribution in [2.75, 3.05) is 20.2 Å². The molecule has 2 aromatic rings. The fourth-order valence-corrected chi connectivity index (χ4v) is 5.97. The van der Waals surface area contributed by atoms with Crippen molar-refractivity contribution in [3.63, 3.8) is 0 Å². The number of alkyl halides is 2. The number of methoxy groups -OCH3 is 1. The Morgan fingerprint density at radius 3 is 2.86 bits per heavy atom. The van der Waals surface area contributed by atoms with Gasteiger partial charge in [0.1, 0.15) is 23.5 Å². The summed E-state index contributed by atoms with van der Waals surface area (Å²) in [6.07, 6.45) is -0.208. The topological polar surface area (TPSA) is 127 Å². The van der Waals surface area contributed by atoms with E-state index in [2.05, 4.69) is 15.6 Å². The van der Waals surface area contributed by atoms with Crippen LogP contribution in [-0.4, -0.2) is 65.8 Å². The Morgan fingerprint density at radius 1 is 1.36 bits per heavy atom. The molecule has 11 heteroatoms. The van der Waals surface area contributed by atoms with Gasteiger partial charge in [-0.15, -0.1) is 0 Å². The lowest BCUT2D eigenvalue weighted by Crippen LogP contribution is -2.51. The van der Waals surface area contributed by atoms with Crippen molar-refractivity contribution >= 4 is 28.6 Å². The number of aromatic nitrogens is 1. The number of amides is 3. The minimum absolute atomic E-state index is 0.0198. The van der Waals surface area contributed by atoms with Crippen molar-refractivity contribution in [2.45, 2.75) is 43.7 Å². The molecule has 0 unspecified atom stereocenters. The number of aromatic amines is 1. The molecular formula is C25H27F2N5O4. The molecule has 0 radical (unpaired) electrons. The van der Waals surface area contributed by atoms with E-state index in [-0.39, 0.29) is 24.6 Å². The maximum absolute atomic E-state index is 14.3. The van der Waals surface area contributed by atoms with Crippen LogP contribution in [0.15, 0.2) is 24.3 Å². The molecule has 5 atom stereocenters. The highest BCUT2D eigenvalue weighted by molar-refractivity contribution is 6.02. The van der Waals surface area contributed by atoms with Gasteiger partial charge in [0.15, 0.2) is 0 Å². The van der Waals surface area contributed by atoms with E-state index in [1.807, 2.05) is 6.07 Å². The van der Waals surface area contributed by atoms with E-state index in [4.69, 9.17) is 4.74 Å². The van der Waals surface area contributed by atoms with Crippen molar-refractivity contribution in [1.82, 2.24) is 20.5 Å². The largest absolute Gasteiger partial charge is 0.496 e. The molecule has 0 bridgehead atoms. The van der Waals surface area contributed by atoms with Gasteiger partial charge in [-0.1, -0.05) is 6.07 Å². The second-order valence-electron chi connectivity index (χ2n) is 9.90. The van der Waals surface area contributed by atoms with Crippen LogP contribution in [0.5, 0.6) is 5.75 Å². The van der Waals surface area contributed by atoms with Crippen molar-refractivity contribution in [1.29, 1.82) is 5.26 Å². The molecule has 2 saturated heterocycles. The Hall–Kier alpha value is -3.68. The van der Waals surface area contributed by atoms with Gasteiger partial charge in [0.25, 0.3) is 5.91 Å². The van der Waals surface area contributed by atoms with Crippen molar-refractivity contribution in [2.24, 2.45) is 17.8 Å². The van der Waals surface area contributed by atoms with Crippen LogP contribution in [0.2, 0.25) is 0 Å². The number of nitriles is 1. The third-order valence-electron chi connectivity index (χ3n) is 7.63. The smallest absolute Gasteiger partial charge is 0.271 e. The number of ether oxygens (including phenoxy) is 1. The van der Waals surface area contributed by atoms with Crippen LogP contribution in [0.1, 0.15) is 36.2 Å². The van der Waals surface area contributed by atoms with Gasteiger partial charge in [-0.25, -0.2) is 8.78 Å². The normalized spacial score (nSPS) is 27.4. The fourth-order valence-electron chi connectivity index (χ4n) is 5.97. The number of benzene rings is 1. The predicted octanol–water partition coefficient (Wildman–Crippen LogP) is 2.20. The summed E-state index contributed by atoms with van der Waals surface area (Å²) in [7, 11) is 1.52. The Labute approximate surface area is 206 Å².